The van der Waals surface area contributed by atoms with E-state index >= 15 is 0 Å². The fraction of sp³-hybridized carbons (Fsp3) is 0.769. The van der Waals surface area contributed by atoms with Crippen LogP contribution in [0.25, 0.3) is 0 Å². The Balaban J connectivity index is 2.35. The van der Waals surface area contributed by atoms with E-state index in [1.165, 1.54) is 0 Å². The predicted molar refractivity (Wildman–Crippen MR) is 76.0 cm³/mol. The maximum Gasteiger partial charge on any atom is 0.249 e. The molecule has 0 aromatic rings. The second kappa shape index (κ2) is 6.69. The fourth-order valence-corrected chi connectivity index (χ4v) is 2.97. The Morgan fingerprint density at radius 3 is 2.30 bits per heavy atom. The molecular formula is C13H24N2O4S. The van der Waals surface area contributed by atoms with Gasteiger partial charge in [-0.3, -0.25) is 4.79 Å². The van der Waals surface area contributed by atoms with Crippen molar-refractivity contribution in [2.45, 2.75) is 19.8 Å². The summed E-state index contributed by atoms with van der Waals surface area (Å²) in [6.45, 7) is 9.32. The van der Waals surface area contributed by atoms with Crippen molar-refractivity contribution in [3.05, 3.63) is 12.2 Å². The highest BCUT2D eigenvalue weighted by Crippen LogP contribution is 2.13. The van der Waals surface area contributed by atoms with Crippen LogP contribution in [0.4, 0.5) is 0 Å². The van der Waals surface area contributed by atoms with E-state index in [0.717, 1.165) is 24.1 Å². The Bertz CT molecular complexity index is 465. The first kappa shape index (κ1) is 17.1. The summed E-state index contributed by atoms with van der Waals surface area (Å²) in [5, 5.41) is 0. The molecule has 1 amide bonds. The van der Waals surface area contributed by atoms with Gasteiger partial charge in [0.15, 0.2) is 0 Å². The average molecular weight is 304 g/mol. The highest BCUT2D eigenvalue weighted by atomic mass is 32.2. The van der Waals surface area contributed by atoms with Crippen molar-refractivity contribution in [3.63, 3.8) is 0 Å². The lowest BCUT2D eigenvalue weighted by Gasteiger charge is -2.42. The highest BCUT2D eigenvalue weighted by Gasteiger charge is 2.30. The fourth-order valence-electron chi connectivity index (χ4n) is 2.42. The van der Waals surface area contributed by atoms with Gasteiger partial charge in [0.25, 0.3) is 0 Å². The molecule has 1 aliphatic heterocycles. The number of rotatable bonds is 6. The van der Waals surface area contributed by atoms with Crippen LogP contribution in [0.15, 0.2) is 12.2 Å². The lowest BCUT2D eigenvalue weighted by molar-refractivity contribution is -0.913. The Hall–Kier alpha value is -0.920. The molecule has 0 atom stereocenters. The van der Waals surface area contributed by atoms with Crippen molar-refractivity contribution >= 4 is 16.0 Å². The first-order valence-electron chi connectivity index (χ1n) is 6.85. The van der Waals surface area contributed by atoms with Crippen LogP contribution in [-0.2, 0) is 14.9 Å². The Labute approximate surface area is 121 Å². The molecular weight excluding hydrogens is 280 g/mol. The van der Waals surface area contributed by atoms with Crippen molar-refractivity contribution in [1.82, 2.24) is 4.90 Å². The number of nitrogens with zero attached hydrogens (tertiary/aromatic N) is 2. The van der Waals surface area contributed by atoms with Gasteiger partial charge in [0.05, 0.1) is 49.9 Å². The molecule has 1 heterocycles. The summed E-state index contributed by atoms with van der Waals surface area (Å²) in [4.78, 5) is 13.6. The number of amides is 1. The lowest BCUT2D eigenvalue weighted by Crippen LogP contribution is -2.58. The number of unbranched alkanes of at least 4 members (excludes halogenated alkanes) is 1. The van der Waals surface area contributed by atoms with Crippen LogP contribution in [0.3, 0.4) is 0 Å². The summed E-state index contributed by atoms with van der Waals surface area (Å²) in [7, 11) is -1.99. The number of carbonyl (C=O) groups excluding carboxylic acids is 1. The highest BCUT2D eigenvalue weighted by molar-refractivity contribution is 7.85. The summed E-state index contributed by atoms with van der Waals surface area (Å²) in [6, 6.07) is 0. The number of hydrogen-bond donors (Lipinski definition) is 0. The third kappa shape index (κ3) is 5.60. The van der Waals surface area contributed by atoms with Crippen LogP contribution in [-0.4, -0.2) is 73.8 Å². The molecule has 0 radical (unpaired) electrons. The minimum atomic E-state index is -4.10. The van der Waals surface area contributed by atoms with E-state index in [-0.39, 0.29) is 11.7 Å². The quantitative estimate of drug-likeness (QED) is 0.303. The number of carbonyl (C=O) groups is 1. The van der Waals surface area contributed by atoms with E-state index in [4.69, 9.17) is 0 Å². The zero-order chi connectivity index (χ0) is 15.4. The Morgan fingerprint density at radius 2 is 1.85 bits per heavy atom. The zero-order valence-corrected chi connectivity index (χ0v) is 13.1. The Kier molecular flexibility index (Phi) is 5.73. The molecule has 0 spiro atoms. The molecule has 7 heteroatoms. The van der Waals surface area contributed by atoms with Crippen molar-refractivity contribution in [2.75, 3.05) is 45.5 Å². The van der Waals surface area contributed by atoms with Crippen LogP contribution in [0.2, 0.25) is 0 Å². The maximum absolute atomic E-state index is 11.8. The van der Waals surface area contributed by atoms with Gasteiger partial charge in [0.2, 0.25) is 5.91 Å². The lowest BCUT2D eigenvalue weighted by atomic mass is 10.2. The molecule has 0 aromatic carbocycles. The van der Waals surface area contributed by atoms with Crippen molar-refractivity contribution < 1.29 is 22.2 Å². The van der Waals surface area contributed by atoms with E-state index in [1.807, 2.05) is 4.90 Å². The molecule has 0 bridgehead atoms. The molecule has 0 N–H and O–H groups in total. The van der Waals surface area contributed by atoms with Crippen molar-refractivity contribution in [2.24, 2.45) is 0 Å². The number of piperazine rings is 1. The number of likely N-dealkylation sites (N-methyl/N-ethyl adjacent to an activating group) is 1. The van der Waals surface area contributed by atoms with Crippen molar-refractivity contribution in [1.29, 1.82) is 0 Å². The Morgan fingerprint density at radius 1 is 1.30 bits per heavy atom. The summed E-state index contributed by atoms with van der Waals surface area (Å²) >= 11 is 0. The molecule has 0 aromatic heterocycles. The SMILES string of the molecule is C=C(C)C(=O)N1CC[N+](C)(CCCCS(=O)(=O)[O-])CC1. The van der Waals surface area contributed by atoms with Gasteiger partial charge in [-0.25, -0.2) is 8.42 Å². The third-order valence-electron chi connectivity index (χ3n) is 3.81. The largest absolute Gasteiger partial charge is 0.748 e. The molecule has 1 aliphatic rings. The maximum atomic E-state index is 11.8. The zero-order valence-electron chi connectivity index (χ0n) is 12.3. The normalized spacial score (nSPS) is 18.9. The minimum absolute atomic E-state index is 0.00805. The summed E-state index contributed by atoms with van der Waals surface area (Å²) < 4.78 is 32.4. The number of hydrogen-bond acceptors (Lipinski definition) is 4. The van der Waals surface area contributed by atoms with Gasteiger partial charge in [0.1, 0.15) is 0 Å². The summed E-state index contributed by atoms with van der Waals surface area (Å²) in [5.74, 6) is -0.276. The van der Waals surface area contributed by atoms with Crippen LogP contribution in [0, 0.1) is 0 Å². The van der Waals surface area contributed by atoms with Gasteiger partial charge in [-0.15, -0.1) is 0 Å². The molecule has 6 nitrogen and oxygen atoms in total. The van der Waals surface area contributed by atoms with E-state index in [1.54, 1.807) is 6.92 Å². The van der Waals surface area contributed by atoms with Gasteiger partial charge in [-0.1, -0.05) is 6.58 Å². The third-order valence-corrected chi connectivity index (χ3v) is 4.60. The van der Waals surface area contributed by atoms with Gasteiger partial charge in [0, 0.05) is 11.3 Å². The second-order valence-electron chi connectivity index (χ2n) is 5.83. The standard InChI is InChI=1S/C13H24N2O4S/c1-12(2)13(16)14-6-9-15(3,10-7-14)8-4-5-11-20(17,18)19/h1,4-11H2,2-3H3. The first-order chi connectivity index (χ1) is 9.13. The first-order valence-corrected chi connectivity index (χ1v) is 8.43. The molecule has 1 fully saturated rings. The summed E-state index contributed by atoms with van der Waals surface area (Å²) in [6.07, 6.45) is 1.13. The molecule has 0 unspecified atom stereocenters. The molecule has 0 saturated carbocycles. The van der Waals surface area contributed by atoms with Crippen LogP contribution in [0.1, 0.15) is 19.8 Å². The van der Waals surface area contributed by atoms with Gasteiger partial charge >= 0.3 is 0 Å². The molecule has 0 aliphatic carbocycles. The minimum Gasteiger partial charge on any atom is -0.748 e. The van der Waals surface area contributed by atoms with E-state index < -0.39 is 10.1 Å². The van der Waals surface area contributed by atoms with Gasteiger partial charge < -0.3 is 13.9 Å². The van der Waals surface area contributed by atoms with Crippen molar-refractivity contribution in [3.8, 4) is 0 Å². The molecule has 20 heavy (non-hydrogen) atoms. The monoisotopic (exact) mass is 304 g/mol. The van der Waals surface area contributed by atoms with E-state index in [9.17, 15) is 17.8 Å². The van der Waals surface area contributed by atoms with Crippen LogP contribution in [0.5, 0.6) is 0 Å². The van der Waals surface area contributed by atoms with E-state index in [2.05, 4.69) is 13.6 Å². The van der Waals surface area contributed by atoms with Gasteiger partial charge in [-0.2, -0.15) is 0 Å². The average Bonchev–Trinajstić information content (AvgIpc) is 2.34. The van der Waals surface area contributed by atoms with Gasteiger partial charge in [-0.05, 0) is 19.8 Å². The molecule has 116 valence electrons. The van der Waals surface area contributed by atoms with E-state index in [0.29, 0.717) is 31.5 Å². The van der Waals surface area contributed by atoms with Crippen LogP contribution < -0.4 is 0 Å². The summed E-state index contributed by atoms with van der Waals surface area (Å²) in [5.41, 5.74) is 0.557. The van der Waals surface area contributed by atoms with Crippen LogP contribution >= 0.6 is 0 Å². The number of quaternary nitrogens is 1. The predicted octanol–water partition coefficient (Wildman–Crippen LogP) is 0.177. The molecule has 1 saturated heterocycles. The smallest absolute Gasteiger partial charge is 0.249 e. The second-order valence-corrected chi connectivity index (χ2v) is 7.36. The molecule has 1 rings (SSSR count). The topological polar surface area (TPSA) is 77.5 Å².